The number of hydrogen-bond donors (Lipinski definition) is 1. The quantitative estimate of drug-likeness (QED) is 0.751. The van der Waals surface area contributed by atoms with Crippen molar-refractivity contribution in [2.75, 3.05) is 13.1 Å². The molecular formula is C20H19N3O2S. The summed E-state index contributed by atoms with van der Waals surface area (Å²) in [6, 6.07) is 14.2. The van der Waals surface area contributed by atoms with Gasteiger partial charge in [-0.2, -0.15) is 5.10 Å². The average molecular weight is 365 g/mol. The summed E-state index contributed by atoms with van der Waals surface area (Å²) in [4.78, 5) is 16.0. The number of nitrogens with one attached hydrogen (secondary N) is 1. The number of nitrogens with zero attached hydrogens (tertiary/aromatic N) is 2. The number of carbonyl (C=O) groups is 1. The van der Waals surface area contributed by atoms with E-state index in [-0.39, 0.29) is 11.5 Å². The van der Waals surface area contributed by atoms with Crippen LogP contribution in [-0.4, -0.2) is 34.1 Å². The summed E-state index contributed by atoms with van der Waals surface area (Å²) in [6.45, 7) is 1.96. The van der Waals surface area contributed by atoms with Gasteiger partial charge in [-0.1, -0.05) is 30.3 Å². The van der Waals surface area contributed by atoms with Crippen molar-refractivity contribution >= 4 is 17.2 Å². The van der Waals surface area contributed by atoms with Crippen LogP contribution >= 0.6 is 11.3 Å². The summed E-state index contributed by atoms with van der Waals surface area (Å²) in [5.41, 5.74) is 3.46. The lowest BCUT2D eigenvalue weighted by Gasteiger charge is -2.40. The van der Waals surface area contributed by atoms with E-state index in [4.69, 9.17) is 4.74 Å². The Labute approximate surface area is 155 Å². The summed E-state index contributed by atoms with van der Waals surface area (Å²) in [5.74, 6) is -0.0314. The molecule has 5 rings (SSSR count). The van der Waals surface area contributed by atoms with E-state index in [1.807, 2.05) is 34.5 Å². The minimum absolute atomic E-state index is 0.0314. The molecule has 0 radical (unpaired) electrons. The first-order valence-electron chi connectivity index (χ1n) is 8.86. The molecule has 5 nitrogen and oxygen atoms in total. The molecule has 1 amide bonds. The Morgan fingerprint density at radius 3 is 3.08 bits per heavy atom. The molecule has 1 N–H and O–H groups in total. The van der Waals surface area contributed by atoms with E-state index >= 15 is 0 Å². The molecular weight excluding hydrogens is 346 g/mol. The number of piperidine rings is 1. The van der Waals surface area contributed by atoms with E-state index in [2.05, 4.69) is 28.4 Å². The maximum absolute atomic E-state index is 13.0. The highest BCUT2D eigenvalue weighted by molar-refractivity contribution is 7.13. The van der Waals surface area contributed by atoms with Crippen LogP contribution in [0.5, 0.6) is 0 Å². The number of aromatic nitrogens is 2. The van der Waals surface area contributed by atoms with Crippen LogP contribution in [0.1, 0.15) is 34.5 Å². The monoisotopic (exact) mass is 365 g/mol. The molecule has 132 valence electrons. The number of amides is 1. The van der Waals surface area contributed by atoms with Crippen molar-refractivity contribution in [3.63, 3.8) is 0 Å². The van der Waals surface area contributed by atoms with Gasteiger partial charge in [0.15, 0.2) is 5.69 Å². The SMILES string of the molecule is O=C(c1cc(-c2cccs2)[nH]n1)N1CCCC2(C1)OCc1ccccc12. The van der Waals surface area contributed by atoms with Crippen molar-refractivity contribution in [3.8, 4) is 10.6 Å². The van der Waals surface area contributed by atoms with Crippen LogP contribution in [-0.2, 0) is 16.9 Å². The van der Waals surface area contributed by atoms with Crippen LogP contribution in [0.25, 0.3) is 10.6 Å². The van der Waals surface area contributed by atoms with Crippen LogP contribution in [0.3, 0.4) is 0 Å². The third-order valence-corrected chi connectivity index (χ3v) is 6.24. The molecule has 0 saturated carbocycles. The van der Waals surface area contributed by atoms with Gasteiger partial charge in [-0.25, -0.2) is 0 Å². The molecule has 1 spiro atoms. The van der Waals surface area contributed by atoms with E-state index < -0.39 is 0 Å². The fourth-order valence-electron chi connectivity index (χ4n) is 4.07. The summed E-state index contributed by atoms with van der Waals surface area (Å²) >= 11 is 1.63. The lowest BCUT2D eigenvalue weighted by Crippen LogP contribution is -2.48. The average Bonchev–Trinajstić information content (AvgIpc) is 3.42. The molecule has 3 aromatic rings. The van der Waals surface area contributed by atoms with Crippen molar-refractivity contribution in [1.82, 2.24) is 15.1 Å². The fourth-order valence-corrected chi connectivity index (χ4v) is 4.76. The predicted octanol–water partition coefficient (Wildman–Crippen LogP) is 3.80. The first-order valence-corrected chi connectivity index (χ1v) is 9.74. The topological polar surface area (TPSA) is 58.2 Å². The number of fused-ring (bicyclic) bond motifs is 2. The lowest BCUT2D eigenvalue weighted by atomic mass is 9.85. The van der Waals surface area contributed by atoms with Gasteiger partial charge < -0.3 is 9.64 Å². The zero-order chi connectivity index (χ0) is 17.6. The summed E-state index contributed by atoms with van der Waals surface area (Å²) in [5, 5.41) is 9.26. The molecule has 4 heterocycles. The zero-order valence-corrected chi connectivity index (χ0v) is 15.1. The number of ether oxygens (including phenoxy) is 1. The number of rotatable bonds is 2. The Bertz CT molecular complexity index is 946. The van der Waals surface area contributed by atoms with Gasteiger partial charge in [0.25, 0.3) is 5.91 Å². The Kier molecular flexibility index (Phi) is 3.69. The number of thiophene rings is 1. The number of hydrogen-bond acceptors (Lipinski definition) is 4. The van der Waals surface area contributed by atoms with E-state index in [1.165, 1.54) is 11.1 Å². The van der Waals surface area contributed by atoms with Gasteiger partial charge in [-0.05, 0) is 41.5 Å². The van der Waals surface area contributed by atoms with Crippen molar-refractivity contribution in [1.29, 1.82) is 0 Å². The van der Waals surface area contributed by atoms with Crippen molar-refractivity contribution in [3.05, 3.63) is 64.7 Å². The number of likely N-dealkylation sites (tertiary alicyclic amines) is 1. The van der Waals surface area contributed by atoms with Crippen LogP contribution in [0, 0.1) is 0 Å². The van der Waals surface area contributed by atoms with Gasteiger partial charge >= 0.3 is 0 Å². The number of benzene rings is 1. The van der Waals surface area contributed by atoms with Gasteiger partial charge in [0, 0.05) is 6.54 Å². The molecule has 1 saturated heterocycles. The molecule has 26 heavy (non-hydrogen) atoms. The molecule has 2 aromatic heterocycles. The highest BCUT2D eigenvalue weighted by atomic mass is 32.1. The molecule has 0 aliphatic carbocycles. The van der Waals surface area contributed by atoms with E-state index in [1.54, 1.807) is 11.3 Å². The van der Waals surface area contributed by atoms with Gasteiger partial charge in [0.1, 0.15) is 5.60 Å². The minimum Gasteiger partial charge on any atom is -0.364 e. The molecule has 1 aromatic carbocycles. The van der Waals surface area contributed by atoms with E-state index in [0.717, 1.165) is 30.0 Å². The molecule has 0 bridgehead atoms. The van der Waals surface area contributed by atoms with Gasteiger partial charge in [-0.15, -0.1) is 11.3 Å². The highest BCUT2D eigenvalue weighted by Gasteiger charge is 2.44. The summed E-state index contributed by atoms with van der Waals surface area (Å²) in [6.07, 6.45) is 1.89. The van der Waals surface area contributed by atoms with E-state index in [0.29, 0.717) is 18.8 Å². The summed E-state index contributed by atoms with van der Waals surface area (Å²) < 4.78 is 6.21. The number of carbonyl (C=O) groups excluding carboxylic acids is 1. The van der Waals surface area contributed by atoms with Crippen LogP contribution < -0.4 is 0 Å². The smallest absolute Gasteiger partial charge is 0.274 e. The van der Waals surface area contributed by atoms with Crippen LogP contribution in [0.15, 0.2) is 47.8 Å². The van der Waals surface area contributed by atoms with Gasteiger partial charge in [0.2, 0.25) is 0 Å². The molecule has 1 fully saturated rings. The maximum atomic E-state index is 13.0. The van der Waals surface area contributed by atoms with Crippen molar-refractivity contribution in [2.24, 2.45) is 0 Å². The molecule has 1 atom stereocenters. The van der Waals surface area contributed by atoms with Crippen molar-refractivity contribution in [2.45, 2.75) is 25.0 Å². The second kappa shape index (κ2) is 6.07. The van der Waals surface area contributed by atoms with Crippen LogP contribution in [0.4, 0.5) is 0 Å². The number of aromatic amines is 1. The Morgan fingerprint density at radius 1 is 1.27 bits per heavy atom. The Hall–Kier alpha value is -2.44. The largest absolute Gasteiger partial charge is 0.364 e. The van der Waals surface area contributed by atoms with E-state index in [9.17, 15) is 4.79 Å². The Morgan fingerprint density at radius 2 is 2.19 bits per heavy atom. The lowest BCUT2D eigenvalue weighted by molar-refractivity contribution is -0.0786. The normalized spacial score (nSPS) is 21.9. The predicted molar refractivity (Wildman–Crippen MR) is 99.9 cm³/mol. The van der Waals surface area contributed by atoms with Crippen molar-refractivity contribution < 1.29 is 9.53 Å². The van der Waals surface area contributed by atoms with Gasteiger partial charge in [0.05, 0.1) is 23.7 Å². The molecule has 2 aliphatic heterocycles. The van der Waals surface area contributed by atoms with Crippen LogP contribution in [0.2, 0.25) is 0 Å². The highest BCUT2D eigenvalue weighted by Crippen LogP contribution is 2.43. The Balaban J connectivity index is 1.40. The molecule has 1 unspecified atom stereocenters. The molecule has 2 aliphatic rings. The second-order valence-corrected chi connectivity index (χ2v) is 7.86. The second-order valence-electron chi connectivity index (χ2n) is 6.91. The summed E-state index contributed by atoms with van der Waals surface area (Å²) in [7, 11) is 0. The first kappa shape index (κ1) is 15.8. The third-order valence-electron chi connectivity index (χ3n) is 5.34. The standard InChI is InChI=1S/C20H19N3O2S/c24-19(17-11-16(21-22-17)18-7-3-10-26-18)23-9-4-8-20(13-23)15-6-2-1-5-14(15)12-25-20/h1-3,5-7,10-11H,4,8-9,12-13H2,(H,21,22). The first-order chi connectivity index (χ1) is 12.8. The zero-order valence-electron chi connectivity index (χ0n) is 14.3. The maximum Gasteiger partial charge on any atom is 0.274 e. The minimum atomic E-state index is -0.364. The third kappa shape index (κ3) is 2.48. The van der Waals surface area contributed by atoms with Gasteiger partial charge in [-0.3, -0.25) is 9.89 Å². The number of H-pyrrole nitrogens is 1. The molecule has 6 heteroatoms. The fraction of sp³-hybridized carbons (Fsp3) is 0.300.